The molecule has 4 rings (SSSR count). The van der Waals surface area contributed by atoms with Gasteiger partial charge in [0.15, 0.2) is 23.0 Å². The van der Waals surface area contributed by atoms with Gasteiger partial charge in [-0.3, -0.25) is 4.79 Å². The molecule has 1 N–H and O–H groups in total. The lowest BCUT2D eigenvalue weighted by Crippen LogP contribution is -2.17. The van der Waals surface area contributed by atoms with Gasteiger partial charge < -0.3 is 23.4 Å². The Bertz CT molecular complexity index is 1110. The van der Waals surface area contributed by atoms with Crippen LogP contribution in [0.15, 0.2) is 64.3 Å². The van der Waals surface area contributed by atoms with E-state index < -0.39 is 11.9 Å². The molecule has 0 aliphatic carbocycles. The minimum atomic E-state index is -0.643. The molecule has 152 valence electrons. The van der Waals surface area contributed by atoms with Crippen molar-refractivity contribution in [1.82, 2.24) is 5.43 Å². The van der Waals surface area contributed by atoms with E-state index >= 15 is 0 Å². The van der Waals surface area contributed by atoms with Crippen molar-refractivity contribution in [3.05, 3.63) is 71.7 Å². The van der Waals surface area contributed by atoms with Gasteiger partial charge in [0, 0.05) is 5.56 Å². The minimum absolute atomic E-state index is 0.0777. The molecule has 9 heteroatoms. The maximum atomic E-state index is 12.2. The van der Waals surface area contributed by atoms with Gasteiger partial charge in [0.05, 0.1) is 19.6 Å². The maximum absolute atomic E-state index is 12.2. The SMILES string of the molecule is COc1cc(/C=N\NC(=O)c2ccc3c(c2)OCO3)ccc1OC(=O)c1ccco1. The smallest absolute Gasteiger partial charge is 0.379 e. The fourth-order valence-electron chi connectivity index (χ4n) is 2.66. The second-order valence-corrected chi connectivity index (χ2v) is 6.04. The monoisotopic (exact) mass is 408 g/mol. The van der Waals surface area contributed by atoms with Crippen molar-refractivity contribution < 1.29 is 33.0 Å². The van der Waals surface area contributed by atoms with Crippen LogP contribution in [0.3, 0.4) is 0 Å². The molecular weight excluding hydrogens is 392 g/mol. The Morgan fingerprint density at radius 3 is 2.73 bits per heavy atom. The largest absolute Gasteiger partial charge is 0.493 e. The molecule has 0 spiro atoms. The van der Waals surface area contributed by atoms with Crippen LogP contribution in [0.4, 0.5) is 0 Å². The molecular formula is C21H16N2O7. The number of nitrogens with zero attached hydrogens (tertiary/aromatic N) is 1. The number of carbonyl (C=O) groups excluding carboxylic acids is 2. The van der Waals surface area contributed by atoms with Crippen molar-refractivity contribution in [3.8, 4) is 23.0 Å². The van der Waals surface area contributed by atoms with Gasteiger partial charge in [-0.2, -0.15) is 5.10 Å². The highest BCUT2D eigenvalue weighted by Gasteiger charge is 2.16. The summed E-state index contributed by atoms with van der Waals surface area (Å²) in [5.41, 5.74) is 3.44. The first-order chi connectivity index (χ1) is 14.6. The van der Waals surface area contributed by atoms with Gasteiger partial charge in [-0.05, 0) is 54.1 Å². The summed E-state index contributed by atoms with van der Waals surface area (Å²) in [7, 11) is 1.45. The highest BCUT2D eigenvalue weighted by Crippen LogP contribution is 2.32. The van der Waals surface area contributed by atoms with Crippen LogP contribution in [0, 0.1) is 0 Å². The average molecular weight is 408 g/mol. The number of furan rings is 1. The highest BCUT2D eigenvalue weighted by molar-refractivity contribution is 5.95. The van der Waals surface area contributed by atoms with E-state index in [1.165, 1.54) is 25.7 Å². The summed E-state index contributed by atoms with van der Waals surface area (Å²) in [5.74, 6) is 0.678. The van der Waals surface area contributed by atoms with E-state index in [2.05, 4.69) is 10.5 Å². The minimum Gasteiger partial charge on any atom is -0.493 e. The Labute approximate surface area is 170 Å². The molecule has 30 heavy (non-hydrogen) atoms. The predicted molar refractivity (Wildman–Crippen MR) is 104 cm³/mol. The van der Waals surface area contributed by atoms with Crippen LogP contribution in [-0.2, 0) is 0 Å². The first kappa shape index (κ1) is 19.1. The predicted octanol–water partition coefficient (Wildman–Crippen LogP) is 3.00. The number of ether oxygens (including phenoxy) is 4. The van der Waals surface area contributed by atoms with Gasteiger partial charge in [0.2, 0.25) is 12.6 Å². The first-order valence-electron chi connectivity index (χ1n) is 8.81. The molecule has 0 bridgehead atoms. The van der Waals surface area contributed by atoms with E-state index in [1.54, 1.807) is 42.5 Å². The number of nitrogens with one attached hydrogen (secondary N) is 1. The summed E-state index contributed by atoms with van der Waals surface area (Å²) in [4.78, 5) is 24.3. The molecule has 2 heterocycles. The van der Waals surface area contributed by atoms with Crippen molar-refractivity contribution in [3.63, 3.8) is 0 Å². The van der Waals surface area contributed by atoms with Gasteiger partial charge in [-0.25, -0.2) is 10.2 Å². The Morgan fingerprint density at radius 1 is 1.07 bits per heavy atom. The summed E-state index contributed by atoms with van der Waals surface area (Å²) >= 11 is 0. The molecule has 3 aromatic rings. The van der Waals surface area contributed by atoms with E-state index in [0.717, 1.165) is 0 Å². The van der Waals surface area contributed by atoms with Gasteiger partial charge in [0.25, 0.3) is 5.91 Å². The van der Waals surface area contributed by atoms with Crippen LogP contribution in [0.5, 0.6) is 23.0 Å². The molecule has 0 atom stereocenters. The number of hydrogen-bond donors (Lipinski definition) is 1. The number of esters is 1. The van der Waals surface area contributed by atoms with E-state index in [4.69, 9.17) is 23.4 Å². The van der Waals surface area contributed by atoms with Crippen LogP contribution >= 0.6 is 0 Å². The second-order valence-electron chi connectivity index (χ2n) is 6.04. The molecule has 1 aromatic heterocycles. The standard InChI is InChI=1S/C21H16N2O7/c1-26-18-9-13(4-6-16(18)30-21(25)17-3-2-8-27-17)11-22-23-20(24)14-5-7-15-19(10-14)29-12-28-15/h2-11H,12H2,1H3,(H,23,24)/b22-11-. The molecule has 0 radical (unpaired) electrons. The Morgan fingerprint density at radius 2 is 1.93 bits per heavy atom. The van der Waals surface area contributed by atoms with Crippen molar-refractivity contribution in [1.29, 1.82) is 0 Å². The molecule has 9 nitrogen and oxygen atoms in total. The van der Waals surface area contributed by atoms with Crippen molar-refractivity contribution in [2.45, 2.75) is 0 Å². The zero-order chi connectivity index (χ0) is 20.9. The zero-order valence-electron chi connectivity index (χ0n) is 15.8. The van der Waals surface area contributed by atoms with Gasteiger partial charge in [-0.15, -0.1) is 0 Å². The second kappa shape index (κ2) is 8.39. The van der Waals surface area contributed by atoms with Crippen LogP contribution in [0.1, 0.15) is 26.5 Å². The first-order valence-corrected chi connectivity index (χ1v) is 8.81. The number of rotatable bonds is 6. The van der Waals surface area contributed by atoms with E-state index in [9.17, 15) is 9.59 Å². The fraction of sp³-hybridized carbons (Fsp3) is 0.0952. The van der Waals surface area contributed by atoms with Crippen molar-refractivity contribution in [2.24, 2.45) is 5.10 Å². The normalized spacial score (nSPS) is 12.0. The molecule has 0 saturated carbocycles. The molecule has 0 unspecified atom stereocenters. The Balaban J connectivity index is 1.41. The summed E-state index contributed by atoms with van der Waals surface area (Å²) in [6.45, 7) is 0.132. The number of methoxy groups -OCH3 is 1. The van der Waals surface area contributed by atoms with Gasteiger partial charge in [0.1, 0.15) is 0 Å². The molecule has 1 aliphatic heterocycles. The van der Waals surface area contributed by atoms with E-state index in [-0.39, 0.29) is 18.3 Å². The summed E-state index contributed by atoms with van der Waals surface area (Å²) < 4.78 is 26.0. The summed E-state index contributed by atoms with van der Waals surface area (Å²) in [6.07, 6.45) is 2.82. The molecule has 1 aliphatic rings. The maximum Gasteiger partial charge on any atom is 0.379 e. The summed E-state index contributed by atoms with van der Waals surface area (Å²) in [6, 6.07) is 12.8. The third-order valence-electron chi connectivity index (χ3n) is 4.13. The van der Waals surface area contributed by atoms with Crippen LogP contribution in [-0.4, -0.2) is 32.0 Å². The fourth-order valence-corrected chi connectivity index (χ4v) is 2.66. The van der Waals surface area contributed by atoms with Crippen LogP contribution in [0.25, 0.3) is 0 Å². The molecule has 0 fully saturated rings. The number of benzene rings is 2. The van der Waals surface area contributed by atoms with Crippen LogP contribution in [0.2, 0.25) is 0 Å². The summed E-state index contributed by atoms with van der Waals surface area (Å²) in [5, 5.41) is 3.94. The van der Waals surface area contributed by atoms with Crippen molar-refractivity contribution >= 4 is 18.1 Å². The Kier molecular flexibility index (Phi) is 5.33. The van der Waals surface area contributed by atoms with Gasteiger partial charge >= 0.3 is 5.97 Å². The lowest BCUT2D eigenvalue weighted by atomic mass is 10.2. The van der Waals surface area contributed by atoms with Gasteiger partial charge in [-0.1, -0.05) is 0 Å². The quantitative estimate of drug-likeness (QED) is 0.289. The van der Waals surface area contributed by atoms with E-state index in [0.29, 0.717) is 28.4 Å². The molecule has 0 saturated heterocycles. The lowest BCUT2D eigenvalue weighted by Gasteiger charge is -2.09. The number of hydrazone groups is 1. The van der Waals surface area contributed by atoms with E-state index in [1.807, 2.05) is 0 Å². The zero-order valence-corrected chi connectivity index (χ0v) is 15.8. The Hall–Kier alpha value is -4.27. The molecule has 2 aromatic carbocycles. The van der Waals surface area contributed by atoms with Crippen LogP contribution < -0.4 is 24.4 Å². The number of hydrogen-bond acceptors (Lipinski definition) is 8. The van der Waals surface area contributed by atoms with Crippen molar-refractivity contribution in [2.75, 3.05) is 13.9 Å². The molecule has 1 amide bonds. The highest BCUT2D eigenvalue weighted by atomic mass is 16.7. The average Bonchev–Trinajstić information content (AvgIpc) is 3.46. The number of amides is 1. The topological polar surface area (TPSA) is 109 Å². The number of fused-ring (bicyclic) bond motifs is 1. The number of carbonyl (C=O) groups is 2. The third-order valence-corrected chi connectivity index (χ3v) is 4.13. The third kappa shape index (κ3) is 4.09. The lowest BCUT2D eigenvalue weighted by molar-refractivity contribution is 0.0696.